The van der Waals surface area contributed by atoms with Gasteiger partial charge in [0.1, 0.15) is 0 Å². The molecule has 0 unspecified atom stereocenters. The molecule has 4 heterocycles. The van der Waals surface area contributed by atoms with Gasteiger partial charge in [0.2, 0.25) is 0 Å². The number of hydrogen-bond donors (Lipinski definition) is 0. The minimum atomic E-state index is 0.0312. The minimum Gasteiger partial charge on any atom is -0.376 e. The molecule has 2 saturated heterocycles. The Hall–Kier alpha value is -1.27. The monoisotopic (exact) mass is 344 g/mol. The van der Waals surface area contributed by atoms with Gasteiger partial charge in [0, 0.05) is 49.4 Å². The first kappa shape index (κ1) is 16.2. The van der Waals surface area contributed by atoms with Crippen LogP contribution in [0.15, 0.2) is 36.0 Å². The van der Waals surface area contributed by atoms with Crippen molar-refractivity contribution in [1.29, 1.82) is 0 Å². The van der Waals surface area contributed by atoms with Gasteiger partial charge in [-0.05, 0) is 48.1 Å². The fourth-order valence-corrected chi connectivity index (χ4v) is 4.71. The molecule has 4 rings (SSSR count). The number of likely N-dealkylation sites (tertiary alicyclic amines) is 1. The van der Waals surface area contributed by atoms with Crippen LogP contribution in [0.2, 0.25) is 0 Å². The molecule has 0 aromatic carbocycles. The van der Waals surface area contributed by atoms with Crippen molar-refractivity contribution >= 4 is 11.3 Å². The lowest BCUT2D eigenvalue weighted by Gasteiger charge is -2.50. The summed E-state index contributed by atoms with van der Waals surface area (Å²) in [7, 11) is 0. The molecule has 128 valence electrons. The second kappa shape index (κ2) is 6.92. The Bertz CT molecular complexity index is 667. The molecule has 2 aromatic rings. The Morgan fingerprint density at radius 3 is 2.92 bits per heavy atom. The van der Waals surface area contributed by atoms with Crippen molar-refractivity contribution in [1.82, 2.24) is 9.88 Å². The fourth-order valence-electron chi connectivity index (χ4n) is 3.76. The topological polar surface area (TPSA) is 34.6 Å². The highest BCUT2D eigenvalue weighted by Gasteiger charge is 2.52. The molecular weight excluding hydrogens is 320 g/mol. The van der Waals surface area contributed by atoms with Gasteiger partial charge in [-0.15, -0.1) is 11.3 Å². The Kier molecular flexibility index (Phi) is 4.68. The summed E-state index contributed by atoms with van der Waals surface area (Å²) in [6, 6.07) is 6.22. The normalized spacial score (nSPS) is 22.8. The SMILES string of the molecule is Cc1ccsc1CN1CC2(C1)OCC[C@@H]2COCc1ccncc1. The van der Waals surface area contributed by atoms with Gasteiger partial charge in [0.25, 0.3) is 0 Å². The van der Waals surface area contributed by atoms with Gasteiger partial charge < -0.3 is 9.47 Å². The maximum atomic E-state index is 6.14. The average Bonchev–Trinajstić information content (AvgIpc) is 3.15. The van der Waals surface area contributed by atoms with Crippen LogP contribution >= 0.6 is 11.3 Å². The van der Waals surface area contributed by atoms with E-state index in [9.17, 15) is 0 Å². The van der Waals surface area contributed by atoms with Crippen LogP contribution in [0.5, 0.6) is 0 Å². The highest BCUT2D eigenvalue weighted by atomic mass is 32.1. The maximum Gasteiger partial charge on any atom is 0.0985 e. The van der Waals surface area contributed by atoms with E-state index < -0.39 is 0 Å². The zero-order chi connectivity index (χ0) is 16.4. The van der Waals surface area contributed by atoms with Crippen LogP contribution in [-0.2, 0) is 22.6 Å². The van der Waals surface area contributed by atoms with Gasteiger partial charge in [0.15, 0.2) is 0 Å². The van der Waals surface area contributed by atoms with E-state index in [4.69, 9.17) is 9.47 Å². The lowest BCUT2D eigenvalue weighted by Crippen LogP contribution is -2.64. The number of ether oxygens (including phenoxy) is 2. The highest BCUT2D eigenvalue weighted by Crippen LogP contribution is 2.41. The standard InChI is InChI=1S/C19H24N2O2S/c1-15-5-9-24-18(15)10-21-13-19(14-21)17(4-8-23-19)12-22-11-16-2-6-20-7-3-16/h2-3,5-7,9,17H,4,8,10-14H2,1H3/t17-/m1/s1. The van der Waals surface area contributed by atoms with Crippen LogP contribution in [0, 0.1) is 12.8 Å². The molecule has 0 bridgehead atoms. The quantitative estimate of drug-likeness (QED) is 0.806. The summed E-state index contributed by atoms with van der Waals surface area (Å²) in [6.45, 7) is 7.64. The third kappa shape index (κ3) is 3.26. The zero-order valence-corrected chi connectivity index (χ0v) is 14.9. The van der Waals surface area contributed by atoms with E-state index in [0.29, 0.717) is 12.5 Å². The lowest BCUT2D eigenvalue weighted by molar-refractivity contribution is -0.146. The maximum absolute atomic E-state index is 6.14. The largest absolute Gasteiger partial charge is 0.376 e. The first-order valence-corrected chi connectivity index (χ1v) is 9.49. The molecule has 1 atom stereocenters. The number of aryl methyl sites for hydroxylation is 1. The van der Waals surface area contributed by atoms with Gasteiger partial charge in [-0.25, -0.2) is 0 Å². The minimum absolute atomic E-state index is 0.0312. The second-order valence-electron chi connectivity index (χ2n) is 6.94. The third-order valence-electron chi connectivity index (χ3n) is 5.25. The molecule has 2 aromatic heterocycles. The summed E-state index contributed by atoms with van der Waals surface area (Å²) in [6.07, 6.45) is 4.74. The van der Waals surface area contributed by atoms with Crippen molar-refractivity contribution in [3.8, 4) is 0 Å². The van der Waals surface area contributed by atoms with Crippen LogP contribution in [0.3, 0.4) is 0 Å². The average molecular weight is 344 g/mol. The summed E-state index contributed by atoms with van der Waals surface area (Å²) in [4.78, 5) is 8.02. The number of thiophene rings is 1. The number of hydrogen-bond acceptors (Lipinski definition) is 5. The lowest BCUT2D eigenvalue weighted by atomic mass is 9.81. The molecule has 0 aliphatic carbocycles. The predicted molar refractivity (Wildman–Crippen MR) is 95.0 cm³/mol. The fraction of sp³-hybridized carbons (Fsp3) is 0.526. The van der Waals surface area contributed by atoms with Crippen molar-refractivity contribution in [3.63, 3.8) is 0 Å². The number of nitrogens with zero attached hydrogens (tertiary/aromatic N) is 2. The van der Waals surface area contributed by atoms with E-state index >= 15 is 0 Å². The first-order valence-electron chi connectivity index (χ1n) is 8.61. The Balaban J connectivity index is 1.27. The number of aromatic nitrogens is 1. The van der Waals surface area contributed by atoms with Gasteiger partial charge in [-0.2, -0.15) is 0 Å². The van der Waals surface area contributed by atoms with E-state index in [-0.39, 0.29) is 5.60 Å². The van der Waals surface area contributed by atoms with E-state index in [2.05, 4.69) is 28.3 Å². The van der Waals surface area contributed by atoms with Crippen molar-refractivity contribution in [2.24, 2.45) is 5.92 Å². The van der Waals surface area contributed by atoms with Crippen molar-refractivity contribution in [2.75, 3.05) is 26.3 Å². The zero-order valence-electron chi connectivity index (χ0n) is 14.1. The first-order chi connectivity index (χ1) is 11.8. The van der Waals surface area contributed by atoms with E-state index in [1.807, 2.05) is 35.9 Å². The molecule has 2 aliphatic heterocycles. The third-order valence-corrected chi connectivity index (χ3v) is 6.26. The van der Waals surface area contributed by atoms with Crippen molar-refractivity contribution < 1.29 is 9.47 Å². The van der Waals surface area contributed by atoms with Crippen molar-refractivity contribution in [3.05, 3.63) is 52.0 Å². The molecule has 24 heavy (non-hydrogen) atoms. The Morgan fingerprint density at radius 2 is 2.17 bits per heavy atom. The van der Waals surface area contributed by atoms with E-state index in [1.54, 1.807) is 0 Å². The summed E-state index contributed by atoms with van der Waals surface area (Å²) in [5.74, 6) is 0.514. The van der Waals surface area contributed by atoms with E-state index in [0.717, 1.165) is 39.3 Å². The second-order valence-corrected chi connectivity index (χ2v) is 7.94. The molecule has 5 heteroatoms. The van der Waals surface area contributed by atoms with Crippen LogP contribution in [0.1, 0.15) is 22.4 Å². The highest BCUT2D eigenvalue weighted by molar-refractivity contribution is 7.10. The smallest absolute Gasteiger partial charge is 0.0985 e. The van der Waals surface area contributed by atoms with Crippen LogP contribution in [0.25, 0.3) is 0 Å². The van der Waals surface area contributed by atoms with Crippen molar-refractivity contribution in [2.45, 2.75) is 32.1 Å². The van der Waals surface area contributed by atoms with E-state index in [1.165, 1.54) is 16.0 Å². The van der Waals surface area contributed by atoms with Gasteiger partial charge >= 0.3 is 0 Å². The van der Waals surface area contributed by atoms with Crippen LogP contribution in [0.4, 0.5) is 0 Å². The summed E-state index contributed by atoms with van der Waals surface area (Å²) in [5, 5.41) is 2.18. The molecular formula is C19H24N2O2S. The molecule has 1 spiro atoms. The summed E-state index contributed by atoms with van der Waals surface area (Å²) >= 11 is 1.86. The molecule has 0 amide bonds. The number of rotatable bonds is 6. The molecule has 0 saturated carbocycles. The van der Waals surface area contributed by atoms with Gasteiger partial charge in [-0.3, -0.25) is 9.88 Å². The van der Waals surface area contributed by atoms with Gasteiger partial charge in [0.05, 0.1) is 18.8 Å². The molecule has 2 fully saturated rings. The van der Waals surface area contributed by atoms with Crippen LogP contribution in [-0.4, -0.2) is 41.8 Å². The predicted octanol–water partition coefficient (Wildman–Crippen LogP) is 3.26. The van der Waals surface area contributed by atoms with Crippen LogP contribution < -0.4 is 0 Å². The molecule has 0 radical (unpaired) electrons. The molecule has 4 nitrogen and oxygen atoms in total. The Labute approximate surface area is 147 Å². The van der Waals surface area contributed by atoms with Gasteiger partial charge in [-0.1, -0.05) is 0 Å². The molecule has 2 aliphatic rings. The molecule has 0 N–H and O–H groups in total. The summed E-state index contributed by atoms with van der Waals surface area (Å²) in [5.41, 5.74) is 2.62. The number of pyridine rings is 1. The summed E-state index contributed by atoms with van der Waals surface area (Å²) < 4.78 is 12.1. The Morgan fingerprint density at radius 1 is 1.33 bits per heavy atom.